The van der Waals surface area contributed by atoms with Crippen molar-refractivity contribution in [2.24, 2.45) is 0 Å². The summed E-state index contributed by atoms with van der Waals surface area (Å²) in [6.45, 7) is 5.55. The number of carbonyl (C=O) groups excluding carboxylic acids is 1. The van der Waals surface area contributed by atoms with Gasteiger partial charge in [-0.25, -0.2) is 0 Å². The molecule has 1 saturated heterocycles. The van der Waals surface area contributed by atoms with Crippen molar-refractivity contribution in [2.45, 2.75) is 19.3 Å². The van der Waals surface area contributed by atoms with Crippen molar-refractivity contribution in [2.75, 3.05) is 46.5 Å². The molecule has 0 bridgehead atoms. The number of nitrogens with zero attached hydrogens (tertiary/aromatic N) is 1. The summed E-state index contributed by atoms with van der Waals surface area (Å²) in [5.74, 6) is 0.383. The van der Waals surface area contributed by atoms with E-state index in [0.29, 0.717) is 22.9 Å². The van der Waals surface area contributed by atoms with E-state index in [1.54, 1.807) is 18.2 Å². The normalized spacial score (nSPS) is 15.4. The Morgan fingerprint density at radius 1 is 1.30 bits per heavy atom. The quantitative estimate of drug-likeness (QED) is 0.739. The highest BCUT2D eigenvalue weighted by Gasteiger charge is 2.12. The molecular formula is C17H25ClN2O3. The lowest BCUT2D eigenvalue weighted by molar-refractivity contribution is 0.0371. The Hall–Kier alpha value is -1.30. The van der Waals surface area contributed by atoms with Gasteiger partial charge in [-0.05, 0) is 37.6 Å². The molecule has 1 aromatic carbocycles. The molecule has 0 aromatic heterocycles. The van der Waals surface area contributed by atoms with Crippen molar-refractivity contribution in [3.63, 3.8) is 0 Å². The van der Waals surface area contributed by atoms with E-state index in [0.717, 1.165) is 52.1 Å². The minimum absolute atomic E-state index is 0.119. The van der Waals surface area contributed by atoms with Crippen LogP contribution < -0.4 is 10.1 Å². The maximum Gasteiger partial charge on any atom is 0.255 e. The first-order chi connectivity index (χ1) is 11.2. The van der Waals surface area contributed by atoms with Crippen LogP contribution in [0, 0.1) is 0 Å². The Kier molecular flexibility index (Phi) is 7.65. The molecule has 1 N–H and O–H groups in total. The van der Waals surface area contributed by atoms with Gasteiger partial charge in [0.15, 0.2) is 0 Å². The molecule has 0 atom stereocenters. The molecule has 0 unspecified atom stereocenters. The Labute approximate surface area is 142 Å². The van der Waals surface area contributed by atoms with Gasteiger partial charge in [-0.1, -0.05) is 18.0 Å². The number of morpholine rings is 1. The van der Waals surface area contributed by atoms with Crippen LogP contribution in [0.3, 0.4) is 0 Å². The molecule has 5 nitrogen and oxygen atoms in total. The number of rotatable bonds is 8. The number of halogens is 1. The summed E-state index contributed by atoms with van der Waals surface area (Å²) in [4.78, 5) is 14.6. The van der Waals surface area contributed by atoms with Gasteiger partial charge in [0.1, 0.15) is 5.75 Å². The van der Waals surface area contributed by atoms with Crippen molar-refractivity contribution in [3.05, 3.63) is 28.8 Å². The lowest BCUT2D eigenvalue weighted by Crippen LogP contribution is -2.36. The SMILES string of the molecule is COc1cc(Cl)ccc1C(=O)NCCCCCN1CCOCC1. The first-order valence-corrected chi connectivity index (χ1v) is 8.50. The van der Waals surface area contributed by atoms with E-state index < -0.39 is 0 Å². The third kappa shape index (κ3) is 6.01. The van der Waals surface area contributed by atoms with Gasteiger partial charge in [0, 0.05) is 24.7 Å². The maximum absolute atomic E-state index is 12.2. The number of nitrogens with one attached hydrogen (secondary N) is 1. The molecule has 1 amide bonds. The van der Waals surface area contributed by atoms with Crippen LogP contribution in [0.2, 0.25) is 5.02 Å². The second-order valence-electron chi connectivity index (χ2n) is 5.62. The molecule has 0 saturated carbocycles. The van der Waals surface area contributed by atoms with E-state index in [1.165, 1.54) is 7.11 Å². The van der Waals surface area contributed by atoms with Crippen molar-refractivity contribution in [3.8, 4) is 5.75 Å². The summed E-state index contributed by atoms with van der Waals surface area (Å²) in [6, 6.07) is 5.04. The molecule has 6 heteroatoms. The molecule has 1 heterocycles. The molecule has 1 aliphatic rings. The zero-order valence-electron chi connectivity index (χ0n) is 13.6. The van der Waals surface area contributed by atoms with E-state index in [1.807, 2.05) is 0 Å². The molecule has 1 aromatic rings. The van der Waals surface area contributed by atoms with Gasteiger partial charge < -0.3 is 14.8 Å². The second kappa shape index (κ2) is 9.75. The first-order valence-electron chi connectivity index (χ1n) is 8.12. The Morgan fingerprint density at radius 3 is 2.83 bits per heavy atom. The number of amides is 1. The lowest BCUT2D eigenvalue weighted by atomic mass is 10.1. The average molecular weight is 341 g/mol. The topological polar surface area (TPSA) is 50.8 Å². The molecule has 23 heavy (non-hydrogen) atoms. The Morgan fingerprint density at radius 2 is 2.09 bits per heavy atom. The van der Waals surface area contributed by atoms with Gasteiger partial charge in [-0.2, -0.15) is 0 Å². The second-order valence-corrected chi connectivity index (χ2v) is 6.05. The molecule has 2 rings (SSSR count). The zero-order valence-corrected chi connectivity index (χ0v) is 14.4. The number of hydrogen-bond donors (Lipinski definition) is 1. The van der Waals surface area contributed by atoms with Crippen LogP contribution in [0.15, 0.2) is 18.2 Å². The van der Waals surface area contributed by atoms with Crippen LogP contribution in [0.5, 0.6) is 5.75 Å². The minimum atomic E-state index is -0.119. The Bertz CT molecular complexity index is 505. The molecular weight excluding hydrogens is 316 g/mol. The lowest BCUT2D eigenvalue weighted by Gasteiger charge is -2.26. The molecule has 1 aliphatic heterocycles. The van der Waals surface area contributed by atoms with E-state index in [4.69, 9.17) is 21.1 Å². The summed E-state index contributed by atoms with van der Waals surface area (Å²) in [5.41, 5.74) is 0.519. The van der Waals surface area contributed by atoms with Gasteiger partial charge in [0.2, 0.25) is 0 Å². The smallest absolute Gasteiger partial charge is 0.255 e. The van der Waals surface area contributed by atoms with Gasteiger partial charge in [0.05, 0.1) is 25.9 Å². The van der Waals surface area contributed by atoms with Crippen LogP contribution in [0.4, 0.5) is 0 Å². The molecule has 0 spiro atoms. The van der Waals surface area contributed by atoms with Crippen molar-refractivity contribution >= 4 is 17.5 Å². The average Bonchev–Trinajstić information content (AvgIpc) is 2.58. The standard InChI is InChI=1S/C17H25ClN2O3/c1-22-16-13-14(18)5-6-15(16)17(21)19-7-3-2-4-8-20-9-11-23-12-10-20/h5-6,13H,2-4,7-12H2,1H3,(H,19,21). The summed E-state index contributed by atoms with van der Waals surface area (Å²) < 4.78 is 10.5. The summed E-state index contributed by atoms with van der Waals surface area (Å²) in [5, 5.41) is 3.49. The fourth-order valence-electron chi connectivity index (χ4n) is 2.61. The molecule has 1 fully saturated rings. The van der Waals surface area contributed by atoms with Gasteiger partial charge in [0.25, 0.3) is 5.91 Å². The maximum atomic E-state index is 12.2. The zero-order chi connectivity index (χ0) is 16.5. The number of benzene rings is 1. The highest BCUT2D eigenvalue weighted by Crippen LogP contribution is 2.22. The van der Waals surface area contributed by atoms with Crippen molar-refractivity contribution in [1.82, 2.24) is 10.2 Å². The van der Waals surface area contributed by atoms with Crippen LogP contribution in [0.1, 0.15) is 29.6 Å². The van der Waals surface area contributed by atoms with Crippen LogP contribution >= 0.6 is 11.6 Å². The molecule has 128 valence electrons. The summed E-state index contributed by atoms with van der Waals surface area (Å²) >= 11 is 5.90. The van der Waals surface area contributed by atoms with Gasteiger partial charge in [-0.3, -0.25) is 9.69 Å². The number of hydrogen-bond acceptors (Lipinski definition) is 4. The summed E-state index contributed by atoms with van der Waals surface area (Å²) in [6.07, 6.45) is 3.24. The molecule has 0 aliphatic carbocycles. The van der Waals surface area contributed by atoms with Crippen molar-refractivity contribution in [1.29, 1.82) is 0 Å². The fourth-order valence-corrected chi connectivity index (χ4v) is 2.77. The highest BCUT2D eigenvalue weighted by molar-refractivity contribution is 6.30. The predicted octanol–water partition coefficient (Wildman–Crippen LogP) is 2.58. The van der Waals surface area contributed by atoms with E-state index in [9.17, 15) is 4.79 Å². The van der Waals surface area contributed by atoms with Gasteiger partial charge in [-0.15, -0.1) is 0 Å². The minimum Gasteiger partial charge on any atom is -0.496 e. The third-order valence-corrected chi connectivity index (χ3v) is 4.18. The third-order valence-electron chi connectivity index (χ3n) is 3.95. The highest BCUT2D eigenvalue weighted by atomic mass is 35.5. The number of unbranched alkanes of at least 4 members (excludes halogenated alkanes) is 2. The van der Waals surface area contributed by atoms with Crippen LogP contribution in [-0.4, -0.2) is 57.3 Å². The number of ether oxygens (including phenoxy) is 2. The number of carbonyl (C=O) groups is 1. The van der Waals surface area contributed by atoms with Crippen molar-refractivity contribution < 1.29 is 14.3 Å². The van der Waals surface area contributed by atoms with Crippen LogP contribution in [0.25, 0.3) is 0 Å². The Balaban J connectivity index is 1.63. The number of methoxy groups -OCH3 is 1. The van der Waals surface area contributed by atoms with Gasteiger partial charge >= 0.3 is 0 Å². The first kappa shape index (κ1) is 18.0. The molecule has 0 radical (unpaired) electrons. The van der Waals surface area contributed by atoms with Crippen LogP contribution in [-0.2, 0) is 4.74 Å². The monoisotopic (exact) mass is 340 g/mol. The van der Waals surface area contributed by atoms with E-state index in [-0.39, 0.29) is 5.91 Å². The fraction of sp³-hybridized carbons (Fsp3) is 0.588. The summed E-state index contributed by atoms with van der Waals surface area (Å²) in [7, 11) is 1.54. The van der Waals surface area contributed by atoms with E-state index in [2.05, 4.69) is 10.2 Å². The largest absolute Gasteiger partial charge is 0.496 e. The van der Waals surface area contributed by atoms with E-state index >= 15 is 0 Å². The predicted molar refractivity (Wildman–Crippen MR) is 91.4 cm³/mol.